The van der Waals surface area contributed by atoms with Gasteiger partial charge in [0.25, 0.3) is 17.7 Å². The second-order valence-electron chi connectivity index (χ2n) is 24.7. The van der Waals surface area contributed by atoms with Crippen LogP contribution in [-0.4, -0.2) is 212 Å². The fraction of sp³-hybridized carbons (Fsp3) is 0.438. The van der Waals surface area contributed by atoms with Crippen LogP contribution in [0.3, 0.4) is 0 Å². The van der Waals surface area contributed by atoms with Gasteiger partial charge in [-0.1, -0.05) is 60.7 Å². The average molecular weight is 1360 g/mol. The Balaban J connectivity index is 0.552. The van der Waals surface area contributed by atoms with Gasteiger partial charge in [-0.05, 0) is 92.4 Å². The van der Waals surface area contributed by atoms with E-state index >= 15 is 0 Å². The van der Waals surface area contributed by atoms with Crippen molar-refractivity contribution in [2.45, 2.75) is 77.5 Å². The third-order valence-electron chi connectivity index (χ3n) is 18.2. The zero-order valence-corrected chi connectivity index (χ0v) is 56.1. The molecule has 5 aromatic carbocycles. The maximum absolute atomic E-state index is 13.5. The molecule has 4 aliphatic heterocycles. The minimum Gasteiger partial charge on any atom is -0.493 e. The Hall–Kier alpha value is -9.73. The summed E-state index contributed by atoms with van der Waals surface area (Å²) in [5.41, 5.74) is 6.39. The molecule has 0 saturated carbocycles. The number of carbonyl (C=O) groups is 8. The number of fused-ring (bicyclic) bond motifs is 3. The smallest absolute Gasteiger partial charge is 0.352 e. The highest BCUT2D eigenvalue weighted by molar-refractivity contribution is 6.24. The van der Waals surface area contributed by atoms with E-state index in [1.54, 1.807) is 0 Å². The van der Waals surface area contributed by atoms with Crippen LogP contribution in [0, 0.1) is 6.92 Å². The number of anilines is 1. The summed E-state index contributed by atoms with van der Waals surface area (Å²) in [5, 5.41) is 26.7. The molecule has 6 heterocycles. The number of nitrogens with zero attached hydrogens (tertiary/aromatic N) is 7. The number of piperidine rings is 1. The van der Waals surface area contributed by atoms with Gasteiger partial charge in [-0.3, -0.25) is 53.4 Å². The lowest BCUT2D eigenvalue weighted by Gasteiger charge is -2.36. The summed E-state index contributed by atoms with van der Waals surface area (Å²) in [5.74, 6) is -2.73. The van der Waals surface area contributed by atoms with E-state index in [4.69, 9.17) is 38.3 Å². The number of piperazine rings is 1. The van der Waals surface area contributed by atoms with Crippen molar-refractivity contribution in [1.29, 1.82) is 0 Å². The molecule has 4 aliphatic rings. The number of morpholine rings is 1. The largest absolute Gasteiger partial charge is 0.493 e. The van der Waals surface area contributed by atoms with Crippen LogP contribution in [0.1, 0.15) is 93.1 Å². The van der Waals surface area contributed by atoms with E-state index in [1.165, 1.54) is 18.2 Å². The minimum absolute atomic E-state index is 0.00200. The summed E-state index contributed by atoms with van der Waals surface area (Å²) in [4.78, 5) is 109. The molecule has 0 spiro atoms. The molecule has 7 amide bonds. The molecule has 26 nitrogen and oxygen atoms in total. The first-order valence-corrected chi connectivity index (χ1v) is 34.0. The molecule has 0 aliphatic carbocycles. The summed E-state index contributed by atoms with van der Waals surface area (Å²) in [6, 6.07) is 31.5. The number of imide groups is 2. The topological polar surface area (TPSA) is 293 Å². The lowest BCUT2D eigenvalue weighted by Crippen LogP contribution is -2.54. The molecule has 4 N–H and O–H groups in total. The lowest BCUT2D eigenvalue weighted by molar-refractivity contribution is -0.136. The maximum atomic E-state index is 13.5. The SMILES string of the molecule is Cc1nn(C)c(COc2ccc(N3CCN(C(=O)CCC(=O)NCCCOCCOCCOCCCNC(=O)COc4cccc5c4C(=O)N(C4CCC(=O)NC4=O)C5=O)CC3)cc2)c1-c1cccc2c(CCCOc3cccc4ccccc34)c(C(=O)O)n(CCN3CCOCC3)c12. The maximum Gasteiger partial charge on any atom is 0.352 e. The van der Waals surface area contributed by atoms with E-state index < -0.39 is 48.2 Å². The van der Waals surface area contributed by atoms with Gasteiger partial charge in [0.2, 0.25) is 23.6 Å². The minimum atomic E-state index is -1.12. The Kier molecular flexibility index (Phi) is 24.4. The number of nitrogens with one attached hydrogen (secondary N) is 3. The molecule has 11 rings (SSSR count). The Morgan fingerprint density at radius 1 is 0.657 bits per heavy atom. The van der Waals surface area contributed by atoms with Crippen LogP contribution in [-0.2, 0) is 69.5 Å². The highest BCUT2D eigenvalue weighted by Crippen LogP contribution is 2.40. The molecule has 0 bridgehead atoms. The molecular formula is C73H86N10O16. The van der Waals surface area contributed by atoms with Gasteiger partial charge in [0, 0.05) is 133 Å². The van der Waals surface area contributed by atoms with Crippen molar-refractivity contribution in [3.63, 3.8) is 0 Å². The van der Waals surface area contributed by atoms with Gasteiger partial charge in [0.05, 0.1) is 74.3 Å². The lowest BCUT2D eigenvalue weighted by atomic mass is 9.98. The Bertz CT molecular complexity index is 4040. The van der Waals surface area contributed by atoms with E-state index in [9.17, 15) is 43.5 Å². The van der Waals surface area contributed by atoms with Gasteiger partial charge in [-0.15, -0.1) is 0 Å². The monoisotopic (exact) mass is 1360 g/mol. The molecule has 0 radical (unpaired) electrons. The third kappa shape index (κ3) is 17.6. The first-order valence-electron chi connectivity index (χ1n) is 34.0. The highest BCUT2D eigenvalue weighted by atomic mass is 16.5. The number of para-hydroxylation sites is 1. The van der Waals surface area contributed by atoms with E-state index in [0.29, 0.717) is 143 Å². The number of amides is 7. The number of aromatic nitrogens is 3. The van der Waals surface area contributed by atoms with E-state index in [1.807, 2.05) is 94.9 Å². The average Bonchev–Trinajstić information content (AvgIpc) is 1.58. The molecule has 1 atom stereocenters. The van der Waals surface area contributed by atoms with Crippen molar-refractivity contribution in [1.82, 2.24) is 45.0 Å². The number of aryl methyl sites for hydroxylation is 3. The van der Waals surface area contributed by atoms with Gasteiger partial charge in [0.1, 0.15) is 35.6 Å². The molecular weight excluding hydrogens is 1270 g/mol. The van der Waals surface area contributed by atoms with Crippen LogP contribution in [0.25, 0.3) is 32.8 Å². The van der Waals surface area contributed by atoms with Crippen molar-refractivity contribution < 1.29 is 76.6 Å². The Labute approximate surface area is 573 Å². The van der Waals surface area contributed by atoms with Crippen molar-refractivity contribution in [2.24, 2.45) is 7.05 Å². The van der Waals surface area contributed by atoms with Crippen molar-refractivity contribution in [2.75, 3.05) is 130 Å². The molecule has 524 valence electrons. The Morgan fingerprint density at radius 2 is 1.32 bits per heavy atom. The summed E-state index contributed by atoms with van der Waals surface area (Å²) in [6.45, 7) is 11.5. The number of benzene rings is 5. The van der Waals surface area contributed by atoms with Crippen molar-refractivity contribution in [3.05, 3.63) is 137 Å². The van der Waals surface area contributed by atoms with Gasteiger partial charge in [-0.25, -0.2) is 4.79 Å². The molecule has 26 heteroatoms. The molecule has 1 unspecified atom stereocenters. The summed E-state index contributed by atoms with van der Waals surface area (Å²) in [7, 11) is 1.91. The zero-order valence-electron chi connectivity index (χ0n) is 56.1. The van der Waals surface area contributed by atoms with Crippen LogP contribution >= 0.6 is 0 Å². The number of ether oxygens (including phenoxy) is 7. The Morgan fingerprint density at radius 3 is 2.06 bits per heavy atom. The molecule has 3 saturated heterocycles. The van der Waals surface area contributed by atoms with E-state index in [0.717, 1.165) is 79.2 Å². The van der Waals surface area contributed by atoms with E-state index in [2.05, 4.69) is 43.9 Å². The normalized spacial score (nSPS) is 15.8. The second kappa shape index (κ2) is 34.2. The third-order valence-corrected chi connectivity index (χ3v) is 18.2. The summed E-state index contributed by atoms with van der Waals surface area (Å²) in [6.07, 6.45) is 2.47. The number of carbonyl (C=O) groups excluding carboxylic acids is 7. The van der Waals surface area contributed by atoms with Gasteiger partial charge < -0.3 is 63.3 Å². The number of carboxylic acid groups (broad SMARTS) is 1. The zero-order chi connectivity index (χ0) is 69.2. The van der Waals surface area contributed by atoms with Crippen LogP contribution in [0.4, 0.5) is 5.69 Å². The number of hydrogen-bond acceptors (Lipinski definition) is 18. The fourth-order valence-corrected chi connectivity index (χ4v) is 13.2. The molecule has 99 heavy (non-hydrogen) atoms. The summed E-state index contributed by atoms with van der Waals surface area (Å²) >= 11 is 0. The first-order chi connectivity index (χ1) is 48.2. The number of carboxylic acids is 1. The predicted octanol–water partition coefficient (Wildman–Crippen LogP) is 6.10. The van der Waals surface area contributed by atoms with Crippen molar-refractivity contribution in [3.8, 4) is 28.4 Å². The number of hydrogen-bond donors (Lipinski definition) is 4. The standard InChI is InChI=1S/C73H86N10O16/c1-49-66(56-15-6-14-54-55(17-8-40-97-60-18-5-12-50-11-3-4-13-53(50)60)69(73(91)92)82(68(54)56)35-30-79-36-41-95-42-37-79)59(78(2)77-49)47-98-52-22-20-51(21-23-52)80-31-33-81(34-32-80)65(87)27-26-62(84)74-28-9-38-93-43-45-96-46-44-94-39-10-29-75-64(86)48-99-61-19-7-16-57-67(61)72(90)83(71(57)89)58-24-25-63(85)76-70(58)88/h3-7,11-16,18-23,58H,8-10,17,24-48H2,1-2H3,(H,74,84)(H,75,86)(H,91,92)(H,76,85,88). The molecule has 3 fully saturated rings. The van der Waals surface area contributed by atoms with Crippen LogP contribution in [0.2, 0.25) is 0 Å². The number of aromatic carboxylic acids is 1. The van der Waals surface area contributed by atoms with Crippen LogP contribution in [0.15, 0.2) is 103 Å². The van der Waals surface area contributed by atoms with Crippen LogP contribution in [0.5, 0.6) is 17.2 Å². The predicted molar refractivity (Wildman–Crippen MR) is 366 cm³/mol. The molecule has 7 aromatic rings. The van der Waals surface area contributed by atoms with Crippen LogP contribution < -0.4 is 35.1 Å². The van der Waals surface area contributed by atoms with E-state index in [-0.39, 0.29) is 66.7 Å². The molecule has 2 aromatic heterocycles. The van der Waals surface area contributed by atoms with Gasteiger partial charge in [-0.2, -0.15) is 5.10 Å². The van der Waals surface area contributed by atoms with Gasteiger partial charge in [0.15, 0.2) is 6.61 Å². The number of rotatable bonds is 35. The fourth-order valence-electron chi connectivity index (χ4n) is 13.2. The highest BCUT2D eigenvalue weighted by Gasteiger charge is 2.46. The quantitative estimate of drug-likeness (QED) is 0.0258. The first kappa shape index (κ1) is 70.6. The van der Waals surface area contributed by atoms with Gasteiger partial charge >= 0.3 is 5.97 Å². The summed E-state index contributed by atoms with van der Waals surface area (Å²) < 4.78 is 44.8. The van der Waals surface area contributed by atoms with Crippen molar-refractivity contribution >= 4 is 74.7 Å². The second-order valence-corrected chi connectivity index (χ2v) is 24.7.